The normalized spacial score (nSPS) is 16.6. The Balaban J connectivity index is 2.31. The molecule has 2 aromatic rings. The molecule has 0 unspecified atom stereocenters. The quantitative estimate of drug-likeness (QED) is 0.312. The summed E-state index contributed by atoms with van der Waals surface area (Å²) in [4.78, 5) is 17.5. The molecule has 0 bridgehead atoms. The van der Waals surface area contributed by atoms with Crippen LogP contribution < -0.4 is 4.90 Å². The average Bonchev–Trinajstić information content (AvgIpc) is 2.80. The van der Waals surface area contributed by atoms with Gasteiger partial charge in [-0.2, -0.15) is 0 Å². The topological polar surface area (TPSA) is 101 Å². The molecule has 0 saturated heterocycles. The van der Waals surface area contributed by atoms with Crippen molar-refractivity contribution in [2.75, 3.05) is 4.90 Å². The van der Waals surface area contributed by atoms with Gasteiger partial charge in [0.2, 0.25) is 0 Å². The van der Waals surface area contributed by atoms with Crippen molar-refractivity contribution in [1.82, 2.24) is 0 Å². The minimum Gasteiger partial charge on any atom is -0.481 e. The van der Waals surface area contributed by atoms with Crippen molar-refractivity contribution >= 4 is 73.9 Å². The highest BCUT2D eigenvalue weighted by Gasteiger charge is 2.34. The number of fused-ring (bicyclic) bond motifs is 1. The van der Waals surface area contributed by atoms with Gasteiger partial charge in [-0.05, 0) is 54.1 Å². The Morgan fingerprint density at radius 1 is 1.41 bits per heavy atom. The highest BCUT2D eigenvalue weighted by molar-refractivity contribution is 14.1. The number of hydrogen-bond donors (Lipinski definition) is 3. The van der Waals surface area contributed by atoms with Crippen molar-refractivity contribution in [2.24, 2.45) is 4.99 Å². The Labute approximate surface area is 179 Å². The molecule has 0 saturated carbocycles. The molecule has 0 aliphatic carbocycles. The van der Waals surface area contributed by atoms with Crippen molar-refractivity contribution in [3.05, 3.63) is 48.9 Å². The van der Waals surface area contributed by atoms with Gasteiger partial charge < -0.3 is 5.11 Å². The van der Waals surface area contributed by atoms with Gasteiger partial charge in [-0.15, -0.1) is 11.3 Å². The van der Waals surface area contributed by atoms with Gasteiger partial charge in [-0.1, -0.05) is 23.7 Å². The number of nitrogens with zero attached hydrogens (tertiary/aromatic N) is 2. The smallest absolute Gasteiger partial charge is 0.305 e. The van der Waals surface area contributed by atoms with Crippen LogP contribution in [0.25, 0.3) is 0 Å². The number of carboxylic acids is 1. The molecule has 0 radical (unpaired) electrons. The van der Waals surface area contributed by atoms with E-state index >= 15 is 0 Å². The van der Waals surface area contributed by atoms with Crippen molar-refractivity contribution < 1.29 is 9.90 Å². The fourth-order valence-electron chi connectivity index (χ4n) is 2.91. The van der Waals surface area contributed by atoms with Crippen LogP contribution in [-0.4, -0.2) is 34.5 Å². The van der Waals surface area contributed by atoms with Crippen LogP contribution in [0.4, 0.5) is 5.00 Å². The summed E-state index contributed by atoms with van der Waals surface area (Å²) in [5.41, 5.74) is 3.25. The zero-order chi connectivity index (χ0) is 19.9. The Kier molecular flexibility index (Phi) is 5.68. The number of carbonyl (C=O) groups is 1. The molecule has 6 nitrogen and oxygen atoms in total. The third-order valence-corrected chi connectivity index (χ3v) is 6.96. The van der Waals surface area contributed by atoms with Gasteiger partial charge in [0.25, 0.3) is 0 Å². The number of benzene rings is 1. The maximum atomic E-state index is 11.4. The summed E-state index contributed by atoms with van der Waals surface area (Å²) < 4.78 is 1.04. The van der Waals surface area contributed by atoms with E-state index in [1.54, 1.807) is 19.1 Å². The summed E-state index contributed by atoms with van der Waals surface area (Å²) >= 11 is 9.73. The fraction of sp³-hybridized carbons (Fsp3) is 0.222. The molecule has 3 N–H and O–H groups in total. The van der Waals surface area contributed by atoms with Gasteiger partial charge >= 0.3 is 5.97 Å². The highest BCUT2D eigenvalue weighted by atomic mass is 127. The molecular weight excluding hydrogens is 499 g/mol. The molecule has 3 rings (SSSR count). The number of anilines is 1. The maximum absolute atomic E-state index is 11.4. The first kappa shape index (κ1) is 20.0. The summed E-state index contributed by atoms with van der Waals surface area (Å²) in [6.45, 7) is 3.56. The van der Waals surface area contributed by atoms with Gasteiger partial charge in [0.15, 0.2) is 0 Å². The molecule has 9 heteroatoms. The van der Waals surface area contributed by atoms with E-state index < -0.39 is 12.0 Å². The fourth-order valence-corrected chi connectivity index (χ4v) is 5.04. The molecule has 0 spiro atoms. The van der Waals surface area contributed by atoms with Crippen LogP contribution in [0.5, 0.6) is 0 Å². The summed E-state index contributed by atoms with van der Waals surface area (Å²) in [6.07, 6.45) is -0.315. The highest BCUT2D eigenvalue weighted by Crippen LogP contribution is 2.41. The Bertz CT molecular complexity index is 984. The van der Waals surface area contributed by atoms with E-state index in [2.05, 4.69) is 27.6 Å². The second kappa shape index (κ2) is 7.69. The molecule has 27 heavy (non-hydrogen) atoms. The predicted molar refractivity (Wildman–Crippen MR) is 119 cm³/mol. The van der Waals surface area contributed by atoms with E-state index in [1.807, 2.05) is 19.1 Å². The first-order valence-electron chi connectivity index (χ1n) is 7.99. The van der Waals surface area contributed by atoms with Gasteiger partial charge in [0.05, 0.1) is 15.0 Å². The number of amidine groups is 2. The van der Waals surface area contributed by atoms with E-state index in [9.17, 15) is 9.90 Å². The molecule has 0 amide bonds. The van der Waals surface area contributed by atoms with Gasteiger partial charge in [-0.25, -0.2) is 0 Å². The van der Waals surface area contributed by atoms with Crippen LogP contribution in [0, 0.1) is 20.6 Å². The van der Waals surface area contributed by atoms with E-state index in [4.69, 9.17) is 22.4 Å². The Morgan fingerprint density at radius 2 is 2.04 bits per heavy atom. The summed E-state index contributed by atoms with van der Waals surface area (Å²) in [6, 6.07) is 6.30. The van der Waals surface area contributed by atoms with Crippen molar-refractivity contribution in [1.29, 1.82) is 10.8 Å². The number of carboxylic acid groups (broad SMARTS) is 1. The monoisotopic (exact) mass is 514 g/mol. The number of rotatable bonds is 3. The van der Waals surface area contributed by atoms with E-state index in [0.717, 1.165) is 24.6 Å². The first-order chi connectivity index (χ1) is 12.7. The Hall–Kier alpha value is -1.78. The third-order valence-electron chi connectivity index (χ3n) is 4.17. The van der Waals surface area contributed by atoms with Crippen molar-refractivity contribution in [3.8, 4) is 0 Å². The minimum atomic E-state index is -1.04. The molecule has 1 aliphatic rings. The Morgan fingerprint density at radius 3 is 2.59 bits per heavy atom. The largest absolute Gasteiger partial charge is 0.481 e. The number of thiophene rings is 1. The molecule has 1 aromatic heterocycles. The maximum Gasteiger partial charge on any atom is 0.305 e. The molecule has 2 heterocycles. The summed E-state index contributed by atoms with van der Waals surface area (Å²) in [7, 11) is 0. The van der Waals surface area contributed by atoms with Crippen LogP contribution in [0.1, 0.15) is 30.0 Å². The lowest BCUT2D eigenvalue weighted by molar-refractivity contribution is -0.137. The lowest BCUT2D eigenvalue weighted by Crippen LogP contribution is -2.40. The first-order valence-corrected chi connectivity index (χ1v) is 10.3. The van der Waals surface area contributed by atoms with Crippen molar-refractivity contribution in [3.63, 3.8) is 0 Å². The second-order valence-corrected chi connectivity index (χ2v) is 9.33. The SMILES string of the molecule is CC(=N)N1C(=N)[C@H](CC(=O)O)N=C(c2ccc(Cl)cc2)c2c1sc(I)c2C. The molecule has 1 aliphatic heterocycles. The lowest BCUT2D eigenvalue weighted by atomic mass is 10.0. The summed E-state index contributed by atoms with van der Waals surface area (Å²) in [5.74, 6) is -0.891. The molecule has 1 atom stereocenters. The lowest BCUT2D eigenvalue weighted by Gasteiger charge is -2.24. The van der Waals surface area contributed by atoms with Crippen LogP contribution >= 0.6 is 45.5 Å². The van der Waals surface area contributed by atoms with Gasteiger partial charge in [0.1, 0.15) is 22.7 Å². The van der Waals surface area contributed by atoms with E-state index in [-0.39, 0.29) is 18.1 Å². The van der Waals surface area contributed by atoms with Crippen LogP contribution in [-0.2, 0) is 4.79 Å². The molecule has 140 valence electrons. The van der Waals surface area contributed by atoms with Crippen molar-refractivity contribution in [2.45, 2.75) is 26.3 Å². The zero-order valence-electron chi connectivity index (χ0n) is 14.5. The number of halogens is 2. The zero-order valence-corrected chi connectivity index (χ0v) is 18.2. The number of aliphatic imine (C=N–C) groups is 1. The molecular formula is C18H16ClIN4O2S. The average molecular weight is 515 g/mol. The second-order valence-electron chi connectivity index (χ2n) is 6.09. The third kappa shape index (κ3) is 3.78. The van der Waals surface area contributed by atoms with Gasteiger partial charge in [-0.3, -0.25) is 25.5 Å². The van der Waals surface area contributed by atoms with Crippen LogP contribution in [0.15, 0.2) is 29.3 Å². The van der Waals surface area contributed by atoms with E-state index in [1.165, 1.54) is 16.2 Å². The molecule has 1 aromatic carbocycles. The van der Waals surface area contributed by atoms with E-state index in [0.29, 0.717) is 10.7 Å². The molecule has 0 fully saturated rings. The number of hydrogen-bond acceptors (Lipinski definition) is 5. The predicted octanol–water partition coefficient (Wildman–Crippen LogP) is 4.79. The standard InChI is InChI=1S/C18H16ClIN4O2S/c1-8-14-15(10-3-5-11(19)6-4-10)23-12(7-13(25)26)17(22)24(9(2)21)18(14)27-16(8)20/h3-6,12,21-22H,7H2,1-2H3,(H,25,26)/t12-/m0/s1. The number of aliphatic carboxylic acids is 1. The van der Waals surface area contributed by atoms with Crippen LogP contribution in [0.3, 0.4) is 0 Å². The number of nitrogens with one attached hydrogen (secondary N) is 2. The minimum absolute atomic E-state index is 0.00670. The van der Waals surface area contributed by atoms with Crippen LogP contribution in [0.2, 0.25) is 5.02 Å². The van der Waals surface area contributed by atoms with Gasteiger partial charge in [0, 0.05) is 16.1 Å². The summed E-state index contributed by atoms with van der Waals surface area (Å²) in [5, 5.41) is 27.4.